The van der Waals surface area contributed by atoms with Crippen LogP contribution in [0.1, 0.15) is 49.9 Å². The molecule has 0 unspecified atom stereocenters. The van der Waals surface area contributed by atoms with Crippen molar-refractivity contribution in [2.75, 3.05) is 4.90 Å². The fraction of sp³-hybridized carbons (Fsp3) is 0.136. The molecule has 0 atom stereocenters. The van der Waals surface area contributed by atoms with Gasteiger partial charge in [-0.15, -0.1) is 0 Å². The summed E-state index contributed by atoms with van der Waals surface area (Å²) in [5.41, 5.74) is 14.3. The minimum atomic E-state index is -0.119. The molecule has 0 saturated heterocycles. The monoisotopic (exact) mass is 577 g/mol. The third kappa shape index (κ3) is 3.61. The van der Waals surface area contributed by atoms with Gasteiger partial charge in [0.25, 0.3) is 0 Å². The Morgan fingerprint density at radius 2 is 0.800 bits per heavy atom. The van der Waals surface area contributed by atoms with E-state index in [0.717, 1.165) is 5.69 Å². The van der Waals surface area contributed by atoms with E-state index in [1.54, 1.807) is 0 Å². The summed E-state index contributed by atoms with van der Waals surface area (Å²) >= 11 is 0. The van der Waals surface area contributed by atoms with Gasteiger partial charge < -0.3 is 4.90 Å². The van der Waals surface area contributed by atoms with Crippen LogP contribution in [0.2, 0.25) is 0 Å². The highest BCUT2D eigenvalue weighted by Gasteiger charge is 2.39. The van der Waals surface area contributed by atoms with E-state index >= 15 is 0 Å². The molecule has 1 heteroatoms. The van der Waals surface area contributed by atoms with Gasteiger partial charge in [0, 0.05) is 27.9 Å². The second-order valence-corrected chi connectivity index (χ2v) is 13.8. The summed E-state index contributed by atoms with van der Waals surface area (Å²) in [6.07, 6.45) is 0. The molecular formula is C44H35N. The first kappa shape index (κ1) is 26.3. The normalized spacial score (nSPS) is 15.0. The molecule has 0 fully saturated rings. The zero-order valence-corrected chi connectivity index (χ0v) is 26.2. The van der Waals surface area contributed by atoms with Gasteiger partial charge in [-0.1, -0.05) is 131 Å². The topological polar surface area (TPSA) is 3.24 Å². The molecule has 9 rings (SSSR count). The van der Waals surface area contributed by atoms with Crippen LogP contribution in [0.15, 0.2) is 140 Å². The highest BCUT2D eigenvalue weighted by molar-refractivity contribution is 6.00. The van der Waals surface area contributed by atoms with Gasteiger partial charge in [0.1, 0.15) is 0 Å². The summed E-state index contributed by atoms with van der Waals surface area (Å²) in [7, 11) is 0. The SMILES string of the molecule is CC1(C)c2cc(N(c3ccccc3)c3ccc4c(c3)C(C)(C)c3c-4ccc4ccccc34)ccc2-c2ccc3ccccc3c21. The fourth-order valence-electron chi connectivity index (χ4n) is 8.48. The van der Waals surface area contributed by atoms with Gasteiger partial charge in [0.05, 0.1) is 0 Å². The fourth-order valence-corrected chi connectivity index (χ4v) is 8.48. The van der Waals surface area contributed by atoms with E-state index in [2.05, 4.69) is 172 Å². The lowest BCUT2D eigenvalue weighted by Crippen LogP contribution is -2.18. The van der Waals surface area contributed by atoms with Crippen LogP contribution >= 0.6 is 0 Å². The van der Waals surface area contributed by atoms with Crippen LogP contribution in [-0.2, 0) is 10.8 Å². The predicted molar refractivity (Wildman–Crippen MR) is 191 cm³/mol. The lowest BCUT2D eigenvalue weighted by molar-refractivity contribution is 0.666. The number of para-hydroxylation sites is 1. The van der Waals surface area contributed by atoms with Crippen molar-refractivity contribution < 1.29 is 0 Å². The maximum absolute atomic E-state index is 2.44. The zero-order valence-electron chi connectivity index (χ0n) is 26.2. The zero-order chi connectivity index (χ0) is 30.5. The largest absolute Gasteiger partial charge is 0.310 e. The van der Waals surface area contributed by atoms with Gasteiger partial charge in [-0.25, -0.2) is 0 Å². The highest BCUT2D eigenvalue weighted by atomic mass is 15.1. The average Bonchev–Trinajstić information content (AvgIpc) is 3.45. The van der Waals surface area contributed by atoms with Crippen molar-refractivity contribution in [1.82, 2.24) is 0 Å². The quantitative estimate of drug-likeness (QED) is 0.202. The smallest absolute Gasteiger partial charge is 0.0465 e. The highest BCUT2D eigenvalue weighted by Crippen LogP contribution is 2.55. The lowest BCUT2D eigenvalue weighted by atomic mass is 9.80. The summed E-state index contributed by atoms with van der Waals surface area (Å²) < 4.78 is 0. The van der Waals surface area contributed by atoms with E-state index in [1.807, 2.05) is 0 Å². The Bertz CT molecular complexity index is 2180. The van der Waals surface area contributed by atoms with Crippen molar-refractivity contribution in [3.8, 4) is 22.3 Å². The van der Waals surface area contributed by atoms with Crippen LogP contribution < -0.4 is 4.90 Å². The van der Waals surface area contributed by atoms with Gasteiger partial charge in [0.2, 0.25) is 0 Å². The summed E-state index contributed by atoms with van der Waals surface area (Å²) in [5.74, 6) is 0. The summed E-state index contributed by atoms with van der Waals surface area (Å²) in [5, 5.41) is 5.31. The first-order valence-corrected chi connectivity index (χ1v) is 16.0. The summed E-state index contributed by atoms with van der Waals surface area (Å²) in [6.45, 7) is 9.56. The molecular weight excluding hydrogens is 542 g/mol. The van der Waals surface area contributed by atoms with Crippen molar-refractivity contribution in [1.29, 1.82) is 0 Å². The van der Waals surface area contributed by atoms with Crippen molar-refractivity contribution >= 4 is 38.6 Å². The minimum absolute atomic E-state index is 0.119. The molecule has 0 amide bonds. The van der Waals surface area contributed by atoms with Gasteiger partial charge in [-0.2, -0.15) is 0 Å². The average molecular weight is 578 g/mol. The van der Waals surface area contributed by atoms with Crippen molar-refractivity contribution in [2.45, 2.75) is 38.5 Å². The Morgan fingerprint density at radius 3 is 1.29 bits per heavy atom. The standard InChI is InChI=1S/C44H35N/c1-43(2)39-26-31(20-24-35(39)37-22-18-28-12-8-10-16-33(28)41(37)43)45(30-14-6-5-7-15-30)32-21-25-36-38-23-19-29-13-9-11-17-34(29)42(38)44(3,4)40(36)27-32/h5-27H,1-4H3. The van der Waals surface area contributed by atoms with Gasteiger partial charge in [-0.3, -0.25) is 0 Å². The molecule has 0 saturated carbocycles. The van der Waals surface area contributed by atoms with E-state index in [-0.39, 0.29) is 10.8 Å². The molecule has 7 aromatic rings. The second kappa shape index (κ2) is 9.19. The molecule has 0 aromatic heterocycles. The van der Waals surface area contributed by atoms with Crippen LogP contribution in [0, 0.1) is 0 Å². The Labute approximate surface area is 265 Å². The van der Waals surface area contributed by atoms with Crippen LogP contribution in [0.3, 0.4) is 0 Å². The summed E-state index contributed by atoms with van der Waals surface area (Å²) in [4.78, 5) is 2.44. The third-order valence-electron chi connectivity index (χ3n) is 10.6. The maximum Gasteiger partial charge on any atom is 0.0465 e. The molecule has 45 heavy (non-hydrogen) atoms. The van der Waals surface area contributed by atoms with E-state index in [0.29, 0.717) is 0 Å². The van der Waals surface area contributed by atoms with Gasteiger partial charge in [-0.05, 0) is 102 Å². The first-order chi connectivity index (χ1) is 21.8. The molecule has 216 valence electrons. The van der Waals surface area contributed by atoms with Crippen molar-refractivity contribution in [3.63, 3.8) is 0 Å². The van der Waals surface area contributed by atoms with Gasteiger partial charge in [0.15, 0.2) is 0 Å². The van der Waals surface area contributed by atoms with Crippen molar-refractivity contribution in [2.24, 2.45) is 0 Å². The Morgan fingerprint density at radius 1 is 0.378 bits per heavy atom. The number of hydrogen-bond acceptors (Lipinski definition) is 1. The molecule has 0 heterocycles. The van der Waals surface area contributed by atoms with Crippen LogP contribution in [-0.4, -0.2) is 0 Å². The number of anilines is 3. The number of rotatable bonds is 3. The molecule has 2 aliphatic carbocycles. The number of benzene rings is 7. The number of hydrogen-bond donors (Lipinski definition) is 0. The van der Waals surface area contributed by atoms with Crippen LogP contribution in [0.5, 0.6) is 0 Å². The molecule has 0 bridgehead atoms. The van der Waals surface area contributed by atoms with E-state index in [9.17, 15) is 0 Å². The second-order valence-electron chi connectivity index (χ2n) is 13.8. The van der Waals surface area contributed by atoms with E-state index < -0.39 is 0 Å². The molecule has 0 N–H and O–H groups in total. The Hall–Kier alpha value is -5.14. The van der Waals surface area contributed by atoms with Crippen molar-refractivity contribution in [3.05, 3.63) is 162 Å². The third-order valence-corrected chi connectivity index (χ3v) is 10.6. The summed E-state index contributed by atoms with van der Waals surface area (Å²) in [6, 6.07) is 51.9. The van der Waals surface area contributed by atoms with Gasteiger partial charge >= 0.3 is 0 Å². The Kier molecular flexibility index (Phi) is 5.37. The number of fused-ring (bicyclic) bond motifs is 10. The van der Waals surface area contributed by atoms with E-state index in [4.69, 9.17) is 0 Å². The van der Waals surface area contributed by atoms with Crippen LogP contribution in [0.25, 0.3) is 43.8 Å². The Balaban J connectivity index is 1.22. The predicted octanol–water partition coefficient (Wildman–Crippen LogP) is 12.1. The van der Waals surface area contributed by atoms with E-state index in [1.165, 1.54) is 77.4 Å². The lowest BCUT2D eigenvalue weighted by Gasteiger charge is -2.30. The molecule has 0 aliphatic heterocycles. The molecule has 7 aromatic carbocycles. The maximum atomic E-state index is 2.44. The molecule has 0 spiro atoms. The number of nitrogens with zero attached hydrogens (tertiary/aromatic N) is 1. The minimum Gasteiger partial charge on any atom is -0.310 e. The first-order valence-electron chi connectivity index (χ1n) is 16.0. The molecule has 0 radical (unpaired) electrons. The molecule has 1 nitrogen and oxygen atoms in total. The molecule has 2 aliphatic rings. The van der Waals surface area contributed by atoms with Crippen LogP contribution in [0.4, 0.5) is 17.1 Å².